The predicted octanol–water partition coefficient (Wildman–Crippen LogP) is 2.91. The second kappa shape index (κ2) is 6.61. The first-order valence-corrected chi connectivity index (χ1v) is 8.91. The third kappa shape index (κ3) is 3.37. The standard InChI is InChI=1S/C16H13F3N2O4S.2H2/c1-8-7-25-15-13(26(23,24)21-8)5-4-11(18)14(15)16(22)20-9-2-3-10(17)12(19)6-9;;/h2-6,8,21H,7H2,1H3,(H,20,22);2*1H. The summed E-state index contributed by atoms with van der Waals surface area (Å²) in [7, 11) is -4.02. The lowest BCUT2D eigenvalue weighted by atomic mass is 10.1. The number of rotatable bonds is 2. The highest BCUT2D eigenvalue weighted by Gasteiger charge is 2.32. The van der Waals surface area contributed by atoms with Gasteiger partial charge in [0.2, 0.25) is 10.0 Å². The molecule has 0 aliphatic carbocycles. The van der Waals surface area contributed by atoms with E-state index in [4.69, 9.17) is 4.74 Å². The van der Waals surface area contributed by atoms with E-state index >= 15 is 0 Å². The van der Waals surface area contributed by atoms with Gasteiger partial charge in [0.05, 0.1) is 6.04 Å². The van der Waals surface area contributed by atoms with Crippen molar-refractivity contribution in [2.45, 2.75) is 17.9 Å². The maximum atomic E-state index is 14.3. The SMILES string of the molecule is CC1COc2c(ccc(F)c2C(=O)Nc2ccc(F)c(F)c2)S(=O)(=O)N1.[HH].[HH]. The van der Waals surface area contributed by atoms with E-state index in [0.717, 1.165) is 24.3 Å². The Morgan fingerprint density at radius 2 is 1.88 bits per heavy atom. The van der Waals surface area contributed by atoms with Crippen molar-refractivity contribution in [1.82, 2.24) is 4.72 Å². The number of carbonyl (C=O) groups excluding carboxylic acids is 1. The first-order valence-electron chi connectivity index (χ1n) is 7.43. The number of benzene rings is 2. The average molecular weight is 390 g/mol. The van der Waals surface area contributed by atoms with Crippen molar-refractivity contribution < 1.29 is 34.0 Å². The topological polar surface area (TPSA) is 84.5 Å². The molecule has 1 atom stereocenters. The second-order valence-electron chi connectivity index (χ2n) is 5.67. The van der Waals surface area contributed by atoms with E-state index in [1.165, 1.54) is 0 Å². The van der Waals surface area contributed by atoms with Crippen molar-refractivity contribution in [3.63, 3.8) is 0 Å². The van der Waals surface area contributed by atoms with Crippen LogP contribution in [0, 0.1) is 17.5 Å². The van der Waals surface area contributed by atoms with Crippen LogP contribution in [0.4, 0.5) is 18.9 Å². The Hall–Kier alpha value is -2.59. The minimum absolute atomic E-state index is 0. The van der Waals surface area contributed by atoms with Crippen molar-refractivity contribution in [3.05, 3.63) is 53.3 Å². The van der Waals surface area contributed by atoms with Gasteiger partial charge in [-0.3, -0.25) is 4.79 Å². The molecule has 0 aromatic heterocycles. The molecule has 1 unspecified atom stereocenters. The van der Waals surface area contributed by atoms with Gasteiger partial charge in [-0.2, -0.15) is 0 Å². The highest BCUT2D eigenvalue weighted by molar-refractivity contribution is 7.89. The van der Waals surface area contributed by atoms with E-state index in [0.29, 0.717) is 6.07 Å². The molecule has 1 aliphatic rings. The van der Waals surface area contributed by atoms with E-state index in [1.807, 2.05) is 0 Å². The third-order valence-electron chi connectivity index (χ3n) is 3.60. The first kappa shape index (κ1) is 18.2. The molecule has 6 nitrogen and oxygen atoms in total. The van der Waals surface area contributed by atoms with Crippen LogP contribution in [0.15, 0.2) is 35.2 Å². The van der Waals surface area contributed by atoms with E-state index in [2.05, 4.69) is 10.0 Å². The lowest BCUT2D eigenvalue weighted by Crippen LogP contribution is -2.33. The maximum Gasteiger partial charge on any atom is 0.262 e. The van der Waals surface area contributed by atoms with Crippen molar-refractivity contribution in [1.29, 1.82) is 0 Å². The van der Waals surface area contributed by atoms with E-state index in [-0.39, 0.29) is 15.1 Å². The van der Waals surface area contributed by atoms with Crippen LogP contribution in [-0.2, 0) is 10.0 Å². The fourth-order valence-corrected chi connectivity index (χ4v) is 3.82. The van der Waals surface area contributed by atoms with Crippen LogP contribution in [0.3, 0.4) is 0 Å². The molecule has 3 rings (SSSR count). The van der Waals surface area contributed by atoms with Gasteiger partial charge in [0.1, 0.15) is 22.9 Å². The normalized spacial score (nSPS) is 18.4. The summed E-state index contributed by atoms with van der Waals surface area (Å²) in [6.45, 7) is 1.42. The number of halogens is 3. The fourth-order valence-electron chi connectivity index (χ4n) is 2.44. The van der Waals surface area contributed by atoms with Crippen molar-refractivity contribution in [2.75, 3.05) is 11.9 Å². The van der Waals surface area contributed by atoms with Gasteiger partial charge < -0.3 is 10.1 Å². The molecular weight excluding hydrogens is 373 g/mol. The number of nitrogens with one attached hydrogen (secondary N) is 2. The van der Waals surface area contributed by atoms with Gasteiger partial charge in [-0.25, -0.2) is 26.3 Å². The van der Waals surface area contributed by atoms with Gasteiger partial charge in [0.25, 0.3) is 5.91 Å². The molecule has 1 aliphatic heterocycles. The number of carbonyl (C=O) groups is 1. The lowest BCUT2D eigenvalue weighted by Gasteiger charge is -2.13. The molecule has 26 heavy (non-hydrogen) atoms. The molecule has 1 amide bonds. The Morgan fingerprint density at radius 1 is 1.19 bits per heavy atom. The van der Waals surface area contributed by atoms with Gasteiger partial charge in [0.15, 0.2) is 17.4 Å². The molecule has 10 heteroatoms. The number of sulfonamides is 1. The summed E-state index contributed by atoms with van der Waals surface area (Å²) in [6, 6.07) is 3.79. The molecule has 0 radical (unpaired) electrons. The van der Waals surface area contributed by atoms with Crippen LogP contribution in [-0.4, -0.2) is 27.0 Å². The smallest absolute Gasteiger partial charge is 0.262 e. The van der Waals surface area contributed by atoms with Crippen molar-refractivity contribution in [2.24, 2.45) is 0 Å². The van der Waals surface area contributed by atoms with E-state index in [9.17, 15) is 26.4 Å². The Balaban J connectivity index is 0.00000196. The minimum atomic E-state index is -4.02. The zero-order chi connectivity index (χ0) is 19.1. The zero-order valence-electron chi connectivity index (χ0n) is 13.3. The summed E-state index contributed by atoms with van der Waals surface area (Å²) >= 11 is 0. The minimum Gasteiger partial charge on any atom is -0.490 e. The van der Waals surface area contributed by atoms with E-state index in [1.54, 1.807) is 6.92 Å². The van der Waals surface area contributed by atoms with Crippen LogP contribution >= 0.6 is 0 Å². The van der Waals surface area contributed by atoms with Crippen molar-refractivity contribution in [3.8, 4) is 5.75 Å². The Labute approximate surface area is 150 Å². The summed E-state index contributed by atoms with van der Waals surface area (Å²) in [4.78, 5) is 12.1. The Morgan fingerprint density at radius 3 is 2.58 bits per heavy atom. The highest BCUT2D eigenvalue weighted by Crippen LogP contribution is 2.33. The highest BCUT2D eigenvalue weighted by atomic mass is 32.2. The monoisotopic (exact) mass is 390 g/mol. The Bertz CT molecular complexity index is 1010. The fraction of sp³-hybridized carbons (Fsp3) is 0.188. The molecule has 2 N–H and O–H groups in total. The summed E-state index contributed by atoms with van der Waals surface area (Å²) in [5, 5.41) is 2.20. The molecular formula is C16H17F3N2O4S. The number of amides is 1. The van der Waals surface area contributed by atoms with E-state index < -0.39 is 55.6 Å². The molecule has 0 bridgehead atoms. The number of fused-ring (bicyclic) bond motifs is 1. The van der Waals surface area contributed by atoms with Crippen molar-refractivity contribution >= 4 is 21.6 Å². The Kier molecular flexibility index (Phi) is 4.63. The molecule has 2 aromatic rings. The van der Waals surface area contributed by atoms with Crippen LogP contribution in [0.1, 0.15) is 20.1 Å². The predicted molar refractivity (Wildman–Crippen MR) is 90.2 cm³/mol. The average Bonchev–Trinajstić information content (AvgIpc) is 2.66. The maximum absolute atomic E-state index is 14.3. The third-order valence-corrected chi connectivity index (χ3v) is 5.21. The molecule has 1 heterocycles. The van der Waals surface area contributed by atoms with Crippen LogP contribution in [0.2, 0.25) is 0 Å². The quantitative estimate of drug-likeness (QED) is 0.826. The number of hydrogen-bond donors (Lipinski definition) is 2. The van der Waals surface area contributed by atoms with Gasteiger partial charge in [-0.05, 0) is 31.2 Å². The van der Waals surface area contributed by atoms with Crippen LogP contribution in [0.5, 0.6) is 5.75 Å². The van der Waals surface area contributed by atoms with Gasteiger partial charge in [-0.1, -0.05) is 0 Å². The largest absolute Gasteiger partial charge is 0.490 e. The molecule has 142 valence electrons. The van der Waals surface area contributed by atoms with Gasteiger partial charge in [-0.15, -0.1) is 0 Å². The summed E-state index contributed by atoms with van der Waals surface area (Å²) in [5.74, 6) is -4.84. The molecule has 0 spiro atoms. The molecule has 2 aromatic carbocycles. The van der Waals surface area contributed by atoms with Gasteiger partial charge >= 0.3 is 0 Å². The summed E-state index contributed by atoms with van der Waals surface area (Å²) < 4.78 is 72.8. The zero-order valence-corrected chi connectivity index (χ0v) is 14.2. The molecule has 0 saturated heterocycles. The first-order chi connectivity index (χ1) is 12.2. The molecule has 0 saturated carbocycles. The van der Waals surface area contributed by atoms with Crippen LogP contribution < -0.4 is 14.8 Å². The number of anilines is 1. The van der Waals surface area contributed by atoms with Gasteiger partial charge in [0, 0.05) is 14.6 Å². The second-order valence-corrected chi connectivity index (χ2v) is 7.35. The summed E-state index contributed by atoms with van der Waals surface area (Å²) in [6.07, 6.45) is 0. The number of hydrogen-bond acceptors (Lipinski definition) is 4. The number of ether oxygens (including phenoxy) is 1. The summed E-state index contributed by atoms with van der Waals surface area (Å²) in [5.41, 5.74) is -0.777. The lowest BCUT2D eigenvalue weighted by molar-refractivity contribution is 0.101. The van der Waals surface area contributed by atoms with Crippen LogP contribution in [0.25, 0.3) is 0 Å². The molecule has 0 fully saturated rings.